The predicted octanol–water partition coefficient (Wildman–Crippen LogP) is 5.02. The van der Waals surface area contributed by atoms with E-state index in [9.17, 15) is 5.11 Å². The molecule has 0 aliphatic carbocycles. The van der Waals surface area contributed by atoms with Gasteiger partial charge in [0.25, 0.3) is 0 Å². The van der Waals surface area contributed by atoms with Gasteiger partial charge in [0.15, 0.2) is 0 Å². The van der Waals surface area contributed by atoms with E-state index in [1.54, 1.807) is 0 Å². The zero-order valence-electron chi connectivity index (χ0n) is 8.05. The molecule has 2 rings (SSSR count). The second-order valence-corrected chi connectivity index (χ2v) is 4.44. The summed E-state index contributed by atoms with van der Waals surface area (Å²) in [5.74, 6) is -0.0535. The number of benzene rings is 2. The molecule has 0 bridgehead atoms. The zero-order valence-corrected chi connectivity index (χ0v) is 10.3. The highest BCUT2D eigenvalue weighted by atomic mass is 35.5. The number of phenols is 1. The molecule has 0 aliphatic heterocycles. The van der Waals surface area contributed by atoms with Gasteiger partial charge in [0.2, 0.25) is 0 Å². The van der Waals surface area contributed by atoms with E-state index < -0.39 is 0 Å². The maximum absolute atomic E-state index is 9.88. The van der Waals surface area contributed by atoms with Crippen LogP contribution in [0.1, 0.15) is 0 Å². The van der Waals surface area contributed by atoms with Crippen molar-refractivity contribution in [1.29, 1.82) is 0 Å². The Kier molecular flexibility index (Phi) is 3.29. The fraction of sp³-hybridized carbons (Fsp3) is 0. The Hall–Kier alpha value is -0.890. The first-order chi connectivity index (χ1) is 7.61. The van der Waals surface area contributed by atoms with Gasteiger partial charge < -0.3 is 5.11 Å². The second-order valence-electron chi connectivity index (χ2n) is 3.24. The van der Waals surface area contributed by atoms with Crippen molar-refractivity contribution in [1.82, 2.24) is 0 Å². The fourth-order valence-electron chi connectivity index (χ4n) is 1.45. The maximum atomic E-state index is 9.88. The summed E-state index contributed by atoms with van der Waals surface area (Å²) in [5.41, 5.74) is 1.23. The maximum Gasteiger partial charge on any atom is 0.143 e. The molecule has 0 saturated heterocycles. The molecule has 0 saturated carbocycles. The molecule has 0 aliphatic rings. The van der Waals surface area contributed by atoms with Gasteiger partial charge in [0.1, 0.15) is 5.75 Å². The van der Waals surface area contributed by atoms with Crippen molar-refractivity contribution in [2.75, 3.05) is 0 Å². The van der Waals surface area contributed by atoms with Crippen LogP contribution in [0.25, 0.3) is 11.1 Å². The molecule has 4 heteroatoms. The summed E-state index contributed by atoms with van der Waals surface area (Å²) >= 11 is 17.8. The van der Waals surface area contributed by atoms with Gasteiger partial charge in [0, 0.05) is 5.56 Å². The molecule has 0 heterocycles. The molecular weight excluding hydrogens is 266 g/mol. The minimum atomic E-state index is -0.0535. The van der Waals surface area contributed by atoms with Gasteiger partial charge in [-0.3, -0.25) is 0 Å². The Morgan fingerprint density at radius 3 is 2.12 bits per heavy atom. The minimum Gasteiger partial charge on any atom is -0.506 e. The molecule has 1 N–H and O–H groups in total. The van der Waals surface area contributed by atoms with Gasteiger partial charge >= 0.3 is 0 Å². The van der Waals surface area contributed by atoms with Crippen LogP contribution >= 0.6 is 34.8 Å². The van der Waals surface area contributed by atoms with E-state index in [1.807, 2.05) is 30.3 Å². The lowest BCUT2D eigenvalue weighted by atomic mass is 10.0. The molecule has 2 aromatic rings. The molecule has 0 amide bonds. The van der Waals surface area contributed by atoms with Crippen LogP contribution < -0.4 is 0 Å². The van der Waals surface area contributed by atoms with Gasteiger partial charge in [-0.25, -0.2) is 0 Å². The quantitative estimate of drug-likeness (QED) is 0.723. The van der Waals surface area contributed by atoms with Gasteiger partial charge in [-0.05, 0) is 11.6 Å². The molecule has 0 aromatic heterocycles. The lowest BCUT2D eigenvalue weighted by molar-refractivity contribution is 0.477. The molecule has 0 unspecified atom stereocenters. The van der Waals surface area contributed by atoms with Crippen molar-refractivity contribution in [2.24, 2.45) is 0 Å². The number of phenolic OH excluding ortho intramolecular Hbond substituents is 1. The van der Waals surface area contributed by atoms with Crippen LogP contribution in [0.15, 0.2) is 36.4 Å². The molecule has 0 radical (unpaired) electrons. The lowest BCUT2D eigenvalue weighted by Gasteiger charge is -2.10. The molecule has 16 heavy (non-hydrogen) atoms. The summed E-state index contributed by atoms with van der Waals surface area (Å²) in [6.07, 6.45) is 0. The Morgan fingerprint density at radius 1 is 0.875 bits per heavy atom. The van der Waals surface area contributed by atoms with Crippen molar-refractivity contribution in [2.45, 2.75) is 0 Å². The van der Waals surface area contributed by atoms with Crippen LogP contribution in [0.2, 0.25) is 15.1 Å². The van der Waals surface area contributed by atoms with Crippen molar-refractivity contribution < 1.29 is 5.11 Å². The minimum absolute atomic E-state index is 0.0535. The van der Waals surface area contributed by atoms with Crippen LogP contribution in [0.3, 0.4) is 0 Å². The van der Waals surface area contributed by atoms with E-state index in [-0.39, 0.29) is 10.8 Å². The third-order valence-corrected chi connectivity index (χ3v) is 3.28. The number of hydrogen-bond acceptors (Lipinski definition) is 1. The third-order valence-electron chi connectivity index (χ3n) is 2.21. The molecule has 1 nitrogen and oxygen atoms in total. The number of halogens is 3. The summed E-state index contributed by atoms with van der Waals surface area (Å²) in [7, 11) is 0. The Labute approximate surface area is 108 Å². The predicted molar refractivity (Wildman–Crippen MR) is 68.6 cm³/mol. The normalized spacial score (nSPS) is 10.4. The number of aromatic hydroxyl groups is 1. The monoisotopic (exact) mass is 272 g/mol. The molecule has 0 fully saturated rings. The van der Waals surface area contributed by atoms with E-state index in [4.69, 9.17) is 34.8 Å². The van der Waals surface area contributed by atoms with Crippen LogP contribution in [0.4, 0.5) is 0 Å². The number of hydrogen-bond donors (Lipinski definition) is 1. The van der Waals surface area contributed by atoms with E-state index in [0.29, 0.717) is 15.6 Å². The fourth-order valence-corrected chi connectivity index (χ4v) is 2.17. The van der Waals surface area contributed by atoms with Crippen molar-refractivity contribution in [3.8, 4) is 16.9 Å². The van der Waals surface area contributed by atoms with Crippen LogP contribution in [-0.2, 0) is 0 Å². The molecule has 0 spiro atoms. The molecule has 2 aromatic carbocycles. The highest BCUT2D eigenvalue weighted by Gasteiger charge is 2.15. The van der Waals surface area contributed by atoms with Crippen molar-refractivity contribution in [3.05, 3.63) is 51.5 Å². The standard InChI is InChI=1S/C12H7Cl3O/c13-8-6-9(14)12(16)10(11(8)15)7-4-2-1-3-5-7/h1-6,16H. The Bertz CT molecular complexity index is 497. The summed E-state index contributed by atoms with van der Waals surface area (Å²) < 4.78 is 0. The largest absolute Gasteiger partial charge is 0.506 e. The highest BCUT2D eigenvalue weighted by Crippen LogP contribution is 2.44. The second kappa shape index (κ2) is 4.54. The van der Waals surface area contributed by atoms with Gasteiger partial charge in [-0.15, -0.1) is 0 Å². The Morgan fingerprint density at radius 2 is 1.50 bits per heavy atom. The summed E-state index contributed by atoms with van der Waals surface area (Å²) in [6.45, 7) is 0. The number of rotatable bonds is 1. The van der Waals surface area contributed by atoms with E-state index >= 15 is 0 Å². The van der Waals surface area contributed by atoms with Crippen LogP contribution in [0.5, 0.6) is 5.75 Å². The SMILES string of the molecule is Oc1c(Cl)cc(Cl)c(Cl)c1-c1ccccc1. The van der Waals surface area contributed by atoms with Gasteiger partial charge in [-0.2, -0.15) is 0 Å². The smallest absolute Gasteiger partial charge is 0.143 e. The van der Waals surface area contributed by atoms with Gasteiger partial charge in [-0.1, -0.05) is 65.1 Å². The highest BCUT2D eigenvalue weighted by molar-refractivity contribution is 6.45. The topological polar surface area (TPSA) is 20.2 Å². The Balaban J connectivity index is 2.74. The average molecular weight is 274 g/mol. The zero-order chi connectivity index (χ0) is 11.7. The van der Waals surface area contributed by atoms with Gasteiger partial charge in [0.05, 0.1) is 15.1 Å². The first-order valence-corrected chi connectivity index (χ1v) is 5.66. The molecule has 0 atom stereocenters. The third kappa shape index (κ3) is 1.99. The van der Waals surface area contributed by atoms with E-state index in [0.717, 1.165) is 5.56 Å². The lowest BCUT2D eigenvalue weighted by Crippen LogP contribution is -1.83. The summed E-state index contributed by atoms with van der Waals surface area (Å²) in [6, 6.07) is 10.6. The first kappa shape index (κ1) is 11.6. The average Bonchev–Trinajstić information content (AvgIpc) is 2.28. The molecule has 82 valence electrons. The van der Waals surface area contributed by atoms with Crippen LogP contribution in [-0.4, -0.2) is 5.11 Å². The van der Waals surface area contributed by atoms with E-state index in [1.165, 1.54) is 6.07 Å². The van der Waals surface area contributed by atoms with E-state index in [2.05, 4.69) is 0 Å². The molecular formula is C12H7Cl3O. The summed E-state index contributed by atoms with van der Waals surface area (Å²) in [5, 5.41) is 10.7. The summed E-state index contributed by atoms with van der Waals surface area (Å²) in [4.78, 5) is 0. The van der Waals surface area contributed by atoms with Crippen molar-refractivity contribution >= 4 is 34.8 Å². The van der Waals surface area contributed by atoms with Crippen LogP contribution in [0, 0.1) is 0 Å². The first-order valence-electron chi connectivity index (χ1n) is 4.53. The van der Waals surface area contributed by atoms with Crippen molar-refractivity contribution in [3.63, 3.8) is 0 Å².